The average Bonchev–Trinajstić information content (AvgIpc) is 3.33. The summed E-state index contributed by atoms with van der Waals surface area (Å²) in [6.07, 6.45) is 8.52. The highest BCUT2D eigenvalue weighted by atomic mass is 16.6. The van der Waals surface area contributed by atoms with E-state index in [0.717, 1.165) is 32.5 Å². The third kappa shape index (κ3) is 11.3. The van der Waals surface area contributed by atoms with Gasteiger partial charge in [-0.1, -0.05) is 91.0 Å². The number of esters is 1. The number of carbonyl (C=O) groups excluding carboxylic acids is 5. The first-order valence-electron chi connectivity index (χ1n) is 22.6. The van der Waals surface area contributed by atoms with Gasteiger partial charge in [0.05, 0.1) is 13.2 Å². The summed E-state index contributed by atoms with van der Waals surface area (Å²) in [5.41, 5.74) is 0.984. The monoisotopic (exact) mass is 909 g/mol. The van der Waals surface area contributed by atoms with Gasteiger partial charge in [0.25, 0.3) is 11.8 Å². The Balaban J connectivity index is 0.773. The first-order chi connectivity index (χ1) is 32.4. The number of ketones is 1. The Kier molecular flexibility index (Phi) is 14.6. The molecule has 2 aliphatic heterocycles. The molecule has 0 aromatic heterocycles. The van der Waals surface area contributed by atoms with E-state index in [4.69, 9.17) is 9.47 Å². The number of likely N-dealkylation sites (tertiary alicyclic amines) is 1. The van der Waals surface area contributed by atoms with Crippen LogP contribution in [0.15, 0.2) is 139 Å². The van der Waals surface area contributed by atoms with Crippen molar-refractivity contribution in [2.24, 2.45) is 11.8 Å². The number of nitrogens with one attached hydrogen (secondary N) is 4. The maximum Gasteiger partial charge on any atom is 0.347 e. The number of aliphatic hydroxyl groups is 2. The van der Waals surface area contributed by atoms with Gasteiger partial charge < -0.3 is 46.1 Å². The number of hydrogen-bond donors (Lipinski definition) is 7. The molecular weight excluding hydrogens is 855 g/mol. The van der Waals surface area contributed by atoms with E-state index < -0.39 is 23.5 Å². The molecule has 2 aliphatic carbocycles. The summed E-state index contributed by atoms with van der Waals surface area (Å²) >= 11 is 0. The van der Waals surface area contributed by atoms with Gasteiger partial charge in [0, 0.05) is 53.4 Å². The summed E-state index contributed by atoms with van der Waals surface area (Å²) in [6, 6.07) is 28.8. The zero-order chi connectivity index (χ0) is 46.9. The van der Waals surface area contributed by atoms with Crippen LogP contribution >= 0.6 is 0 Å². The summed E-state index contributed by atoms with van der Waals surface area (Å²) in [7, 11) is 0. The minimum absolute atomic E-state index is 0.00642. The second-order valence-electron chi connectivity index (χ2n) is 17.6. The molecule has 8 rings (SSSR count). The fraction of sp³-hybridized carbons (Fsp3) is 0.327. The zero-order valence-electron chi connectivity index (χ0n) is 36.9. The maximum atomic E-state index is 13.8. The second kappa shape index (κ2) is 21.0. The van der Waals surface area contributed by atoms with E-state index in [0.29, 0.717) is 29.5 Å². The van der Waals surface area contributed by atoms with Gasteiger partial charge in [-0.25, -0.2) is 4.79 Å². The summed E-state index contributed by atoms with van der Waals surface area (Å²) in [5.74, 6) is -2.31. The molecule has 3 atom stereocenters. The van der Waals surface area contributed by atoms with E-state index in [1.807, 2.05) is 18.2 Å². The molecule has 2 fully saturated rings. The minimum atomic E-state index is -2.12. The van der Waals surface area contributed by atoms with Gasteiger partial charge in [-0.05, 0) is 92.2 Å². The third-order valence-corrected chi connectivity index (χ3v) is 12.8. The van der Waals surface area contributed by atoms with Crippen LogP contribution < -0.4 is 26.0 Å². The second-order valence-corrected chi connectivity index (χ2v) is 17.6. The number of ether oxygens (including phenoxy) is 2. The third-order valence-electron chi connectivity index (χ3n) is 12.8. The molecule has 1 saturated carbocycles. The molecule has 15 heteroatoms. The number of allylic oxidation sites excluding steroid dienone is 1. The van der Waals surface area contributed by atoms with Gasteiger partial charge in [-0.2, -0.15) is 0 Å². The number of benzene rings is 4. The van der Waals surface area contributed by atoms with Crippen molar-refractivity contribution in [3.63, 3.8) is 0 Å². The van der Waals surface area contributed by atoms with Gasteiger partial charge >= 0.3 is 5.97 Å². The van der Waals surface area contributed by atoms with Crippen molar-refractivity contribution in [3.8, 4) is 11.5 Å². The van der Waals surface area contributed by atoms with Gasteiger partial charge in [-0.15, -0.1) is 0 Å². The Hall–Kier alpha value is -7.07. The number of amides is 3. The molecule has 0 spiro atoms. The Morgan fingerprint density at radius 1 is 0.821 bits per heavy atom. The molecule has 3 amide bonds. The van der Waals surface area contributed by atoms with Crippen molar-refractivity contribution < 1.29 is 48.8 Å². The number of rotatable bonds is 17. The van der Waals surface area contributed by atoms with E-state index in [-0.39, 0.29) is 96.2 Å². The predicted molar refractivity (Wildman–Crippen MR) is 247 cm³/mol. The minimum Gasteiger partial charge on any atom is -0.511 e. The molecule has 2 unspecified atom stereocenters. The van der Waals surface area contributed by atoms with Crippen molar-refractivity contribution >= 4 is 29.5 Å². The summed E-state index contributed by atoms with van der Waals surface area (Å²) in [4.78, 5) is 66.2. The molecule has 7 N–H and O–H groups in total. The number of aliphatic hydroxyl groups excluding tert-OH is 1. The number of piperidine rings is 1. The Labute approximate surface area is 388 Å². The number of phenols is 1. The molecule has 0 bridgehead atoms. The number of nitrogens with zero attached hydrogens (tertiary/aromatic N) is 1. The molecule has 348 valence electrons. The van der Waals surface area contributed by atoms with E-state index in [2.05, 4.69) is 38.3 Å². The first kappa shape index (κ1) is 46.5. The van der Waals surface area contributed by atoms with Gasteiger partial charge in [-0.3, -0.25) is 24.1 Å². The number of phenolic OH excluding ortho intramolecular Hbond substituents is 1. The largest absolute Gasteiger partial charge is 0.511 e. The van der Waals surface area contributed by atoms with Crippen LogP contribution in [0, 0.1) is 11.8 Å². The van der Waals surface area contributed by atoms with Crippen LogP contribution in [0.1, 0.15) is 58.3 Å². The fourth-order valence-corrected chi connectivity index (χ4v) is 8.96. The van der Waals surface area contributed by atoms with Crippen LogP contribution in [0.5, 0.6) is 11.5 Å². The lowest BCUT2D eigenvalue weighted by molar-refractivity contribution is -0.164. The summed E-state index contributed by atoms with van der Waals surface area (Å²) < 4.78 is 11.7. The van der Waals surface area contributed by atoms with Crippen LogP contribution in [0.25, 0.3) is 0 Å². The topological polar surface area (TPSA) is 216 Å². The molecule has 2 heterocycles. The molecule has 4 aliphatic rings. The highest BCUT2D eigenvalue weighted by molar-refractivity contribution is 6.02. The predicted octanol–water partition coefficient (Wildman–Crippen LogP) is 4.25. The van der Waals surface area contributed by atoms with E-state index >= 15 is 0 Å². The zero-order valence-corrected chi connectivity index (χ0v) is 36.9. The molecule has 1 saturated heterocycles. The van der Waals surface area contributed by atoms with Crippen LogP contribution in [0.3, 0.4) is 0 Å². The van der Waals surface area contributed by atoms with Crippen LogP contribution in [-0.4, -0.2) is 101 Å². The summed E-state index contributed by atoms with van der Waals surface area (Å²) in [6.45, 7) is 2.73. The standard InChI is InChI=1S/C52H55N5O10/c58-44-18-16-42(43-17-19-47(61)56-49(43)44)46(60)29-53-28-36-15-14-35(24-45(36)59)50(63)55-40-26-39(27-40)54-48(62)32-66-41-13-7-12-38(25-41)52(65,37-10-5-2-6-11-37)51(64)67-31-34-20-22-57(23-21-34)30-33-8-3-1-4-9-33/h1-19,24-25,34,39-40,43,49,53,59-60,65H,20-23,26-32H2,(H,54,62)(H,55,63)(H,56,61)/t39?,40?,43?,49?,52-/m0/s1. The Bertz CT molecular complexity index is 2550. The van der Waals surface area contributed by atoms with Crippen molar-refractivity contribution in [1.29, 1.82) is 0 Å². The van der Waals surface area contributed by atoms with Crippen molar-refractivity contribution in [3.05, 3.63) is 167 Å². The van der Waals surface area contributed by atoms with E-state index in [1.54, 1.807) is 66.7 Å². The molecule has 15 nitrogen and oxygen atoms in total. The van der Waals surface area contributed by atoms with Crippen molar-refractivity contribution in [2.75, 3.05) is 32.8 Å². The number of aromatic hydroxyl groups is 1. The molecule has 67 heavy (non-hydrogen) atoms. The lowest BCUT2D eigenvalue weighted by atomic mass is 9.81. The number of hydrogen-bond acceptors (Lipinski definition) is 12. The van der Waals surface area contributed by atoms with E-state index in [9.17, 15) is 39.3 Å². The first-order valence-corrected chi connectivity index (χ1v) is 22.6. The molecule has 4 aromatic carbocycles. The smallest absolute Gasteiger partial charge is 0.347 e. The number of fused-ring (bicyclic) bond motifs is 1. The van der Waals surface area contributed by atoms with Crippen LogP contribution in [0.4, 0.5) is 0 Å². The Morgan fingerprint density at radius 3 is 2.28 bits per heavy atom. The quantitative estimate of drug-likeness (QED) is 0.0585. The van der Waals surface area contributed by atoms with E-state index in [1.165, 1.54) is 35.9 Å². The number of carbonyl (C=O) groups is 5. The van der Waals surface area contributed by atoms with Crippen molar-refractivity contribution in [2.45, 2.75) is 62.5 Å². The molecule has 0 radical (unpaired) electrons. The average molecular weight is 910 g/mol. The Morgan fingerprint density at radius 2 is 1.54 bits per heavy atom. The summed E-state index contributed by atoms with van der Waals surface area (Å²) in [5, 5.41) is 45.1. The lowest BCUT2D eigenvalue weighted by Gasteiger charge is -2.36. The fourth-order valence-electron chi connectivity index (χ4n) is 8.96. The van der Waals surface area contributed by atoms with Gasteiger partial charge in [0.15, 0.2) is 12.4 Å². The van der Waals surface area contributed by atoms with Gasteiger partial charge in [0.2, 0.25) is 11.5 Å². The normalized spacial score (nSPS) is 22.0. The highest BCUT2D eigenvalue weighted by Crippen LogP contribution is 2.34. The van der Waals surface area contributed by atoms with Crippen molar-refractivity contribution in [1.82, 2.24) is 26.2 Å². The van der Waals surface area contributed by atoms with Gasteiger partial charge in [0.1, 0.15) is 23.3 Å². The molecular formula is C52H55N5O10. The lowest BCUT2D eigenvalue weighted by Crippen LogP contribution is -2.54. The SMILES string of the molecule is O=C1C=CC2C(=C(O)CNCc3ccc(C(=O)NC4CC(NC(=O)COc5cccc([C@](O)(C(=O)OCC6CCN(Cc7ccccc7)CC6)c6ccccc6)c5)C4)cc3O)C=CC(=O)C2N1. The molecule has 4 aromatic rings. The van der Waals surface area contributed by atoms with Crippen LogP contribution in [0.2, 0.25) is 0 Å². The van der Waals surface area contributed by atoms with Crippen LogP contribution in [-0.2, 0) is 42.6 Å². The highest BCUT2D eigenvalue weighted by Gasteiger charge is 2.43. The maximum absolute atomic E-state index is 13.8.